The first-order valence-electron chi connectivity index (χ1n) is 18.6. The Hall–Kier alpha value is -4.99. The third-order valence-electron chi connectivity index (χ3n) is 8.10. The molecule has 0 bridgehead atoms. The van der Waals surface area contributed by atoms with Crippen molar-refractivity contribution in [3.63, 3.8) is 0 Å². The summed E-state index contributed by atoms with van der Waals surface area (Å²) in [6.07, 6.45) is -0.902. The quantitative estimate of drug-likeness (QED) is 0.0417. The number of imide groups is 1. The van der Waals surface area contributed by atoms with E-state index in [2.05, 4.69) is 16.0 Å². The van der Waals surface area contributed by atoms with E-state index in [-0.39, 0.29) is 108 Å². The molecule has 3 atom stereocenters. The number of carboxylic acid groups (broad SMARTS) is 1. The predicted molar refractivity (Wildman–Crippen MR) is 196 cm³/mol. The topological polar surface area (TPSA) is 264 Å². The highest BCUT2D eigenvalue weighted by Gasteiger charge is 2.34. The first kappa shape index (κ1) is 46.4. The van der Waals surface area contributed by atoms with Crippen LogP contribution in [0.5, 0.6) is 5.75 Å². The lowest BCUT2D eigenvalue weighted by Gasteiger charge is -2.31. The van der Waals surface area contributed by atoms with E-state index in [9.17, 15) is 43.8 Å². The van der Waals surface area contributed by atoms with Crippen LogP contribution in [0, 0.1) is 0 Å². The highest BCUT2D eigenvalue weighted by Crippen LogP contribution is 2.31. The summed E-state index contributed by atoms with van der Waals surface area (Å²) in [6.45, 7) is 4.20. The number of ether oxygens (including phenoxy) is 7. The molecular weight excluding hydrogens is 756 g/mol. The molecular formula is C37H52N4O16. The maximum Gasteiger partial charge on any atom is 0.333 e. The summed E-state index contributed by atoms with van der Waals surface area (Å²) in [5, 5.41) is 27.4. The Kier molecular flexibility index (Phi) is 21.2. The minimum Gasteiger partial charge on any atom is -0.479 e. The van der Waals surface area contributed by atoms with Gasteiger partial charge in [0.15, 0.2) is 6.10 Å². The fourth-order valence-corrected chi connectivity index (χ4v) is 5.13. The van der Waals surface area contributed by atoms with Gasteiger partial charge in [-0.15, -0.1) is 0 Å². The van der Waals surface area contributed by atoms with Crippen molar-refractivity contribution in [1.29, 1.82) is 0 Å². The number of anilines is 1. The molecule has 1 aromatic carbocycles. The minimum atomic E-state index is -1.26. The molecule has 0 aliphatic carbocycles. The van der Waals surface area contributed by atoms with E-state index in [1.807, 2.05) is 0 Å². The number of carbonyl (C=O) groups is 7. The Morgan fingerprint density at radius 1 is 0.789 bits per heavy atom. The normalized spacial score (nSPS) is 17.6. The van der Waals surface area contributed by atoms with Gasteiger partial charge in [0.1, 0.15) is 12.4 Å². The second-order valence-corrected chi connectivity index (χ2v) is 12.6. The summed E-state index contributed by atoms with van der Waals surface area (Å²) in [5.41, 5.74) is 0.743. The molecule has 5 N–H and O–H groups in total. The summed E-state index contributed by atoms with van der Waals surface area (Å²) >= 11 is 0. The third-order valence-corrected chi connectivity index (χ3v) is 8.10. The first-order valence-corrected chi connectivity index (χ1v) is 18.6. The predicted octanol–water partition coefficient (Wildman–Crippen LogP) is -0.198. The number of esters is 1. The van der Waals surface area contributed by atoms with E-state index in [0.29, 0.717) is 38.6 Å². The summed E-state index contributed by atoms with van der Waals surface area (Å²) < 4.78 is 38.1. The van der Waals surface area contributed by atoms with Crippen LogP contribution < -0.4 is 20.7 Å². The van der Waals surface area contributed by atoms with Crippen LogP contribution in [0.4, 0.5) is 5.69 Å². The molecule has 2 aliphatic heterocycles. The van der Waals surface area contributed by atoms with Crippen molar-refractivity contribution >= 4 is 47.2 Å². The van der Waals surface area contributed by atoms with Gasteiger partial charge in [0.25, 0.3) is 11.8 Å². The number of rotatable bonds is 28. The van der Waals surface area contributed by atoms with Crippen molar-refractivity contribution in [2.75, 3.05) is 77.8 Å². The standard InChI is InChI=1S/C37H52N4O16/c1-2-35(48)55-24-25-3-4-28(56-36-23-26(42)22-29(57-36)37(49)50)27(21-25)40-32(45)7-10-38-31(44)9-13-51-15-17-53-19-20-54-18-16-52-14-11-39-30(43)8-12-41-33(46)5-6-34(41)47/h3-6,21,26,29,36,42H,2,7-20,22-24H2,1H3,(H,38,44)(H,39,43)(H,40,45)(H,49,50)/t26-,29-,36+/m0/s1. The van der Waals surface area contributed by atoms with Gasteiger partial charge in [0.2, 0.25) is 24.0 Å². The van der Waals surface area contributed by atoms with Crippen molar-refractivity contribution in [3.8, 4) is 5.75 Å². The van der Waals surface area contributed by atoms with E-state index >= 15 is 0 Å². The first-order chi connectivity index (χ1) is 27.4. The smallest absolute Gasteiger partial charge is 0.333 e. The van der Waals surface area contributed by atoms with Crippen LogP contribution >= 0.6 is 0 Å². The number of carbonyl (C=O) groups excluding carboxylic acids is 6. The Morgan fingerprint density at radius 3 is 2.05 bits per heavy atom. The average Bonchev–Trinajstić information content (AvgIpc) is 3.50. The SMILES string of the molecule is CCC(=O)OCc1ccc(O[C@H]2C[C@@H](O)C[C@@H](C(=O)O)O2)c(NC(=O)CCNC(=O)CCOCCOCCOCCOCCNC(=O)CCN2C(=O)C=CC2=O)c1. The largest absolute Gasteiger partial charge is 0.479 e. The molecule has 20 heteroatoms. The van der Waals surface area contributed by atoms with Crippen molar-refractivity contribution in [2.24, 2.45) is 0 Å². The molecule has 0 aromatic heterocycles. The van der Waals surface area contributed by atoms with Crippen molar-refractivity contribution in [3.05, 3.63) is 35.9 Å². The van der Waals surface area contributed by atoms with Crippen LogP contribution in [0.3, 0.4) is 0 Å². The molecule has 2 heterocycles. The summed E-state index contributed by atoms with van der Waals surface area (Å²) in [6, 6.07) is 4.65. The number of carboxylic acids is 1. The molecule has 316 valence electrons. The van der Waals surface area contributed by atoms with Crippen molar-refractivity contribution in [2.45, 2.75) is 70.6 Å². The maximum atomic E-state index is 12.8. The monoisotopic (exact) mass is 808 g/mol. The second kappa shape index (κ2) is 26.0. The molecule has 2 aliphatic rings. The number of amides is 5. The van der Waals surface area contributed by atoms with E-state index in [1.165, 1.54) is 24.3 Å². The highest BCUT2D eigenvalue weighted by molar-refractivity contribution is 6.13. The van der Waals surface area contributed by atoms with Gasteiger partial charge in [0, 0.05) is 70.3 Å². The molecule has 1 saturated heterocycles. The van der Waals surface area contributed by atoms with E-state index in [1.54, 1.807) is 13.0 Å². The van der Waals surface area contributed by atoms with E-state index < -0.39 is 48.2 Å². The van der Waals surface area contributed by atoms with Gasteiger partial charge in [-0.05, 0) is 17.7 Å². The van der Waals surface area contributed by atoms with Crippen LogP contribution in [-0.4, -0.2) is 148 Å². The highest BCUT2D eigenvalue weighted by atomic mass is 16.7. The number of hydrogen-bond acceptors (Lipinski definition) is 15. The maximum absolute atomic E-state index is 12.8. The molecule has 20 nitrogen and oxygen atoms in total. The lowest BCUT2D eigenvalue weighted by molar-refractivity contribution is -0.195. The molecule has 5 amide bonds. The Morgan fingerprint density at radius 2 is 1.40 bits per heavy atom. The summed E-state index contributed by atoms with van der Waals surface area (Å²) in [7, 11) is 0. The average molecular weight is 809 g/mol. The number of aliphatic hydroxyl groups is 1. The van der Waals surface area contributed by atoms with Gasteiger partial charge in [0.05, 0.1) is 64.6 Å². The molecule has 57 heavy (non-hydrogen) atoms. The fraction of sp³-hybridized carbons (Fsp3) is 0.595. The molecule has 0 radical (unpaired) electrons. The Bertz CT molecular complexity index is 1520. The van der Waals surface area contributed by atoms with Crippen LogP contribution in [0.1, 0.15) is 51.0 Å². The zero-order chi connectivity index (χ0) is 41.4. The van der Waals surface area contributed by atoms with Crippen LogP contribution in [-0.2, 0) is 68.6 Å². The number of nitrogens with one attached hydrogen (secondary N) is 3. The Balaban J connectivity index is 1.20. The van der Waals surface area contributed by atoms with Crippen LogP contribution in [0.2, 0.25) is 0 Å². The van der Waals surface area contributed by atoms with Gasteiger partial charge < -0.3 is 59.3 Å². The van der Waals surface area contributed by atoms with E-state index in [4.69, 9.17) is 33.2 Å². The Labute approximate surface area is 329 Å². The molecule has 0 saturated carbocycles. The lowest BCUT2D eigenvalue weighted by atomic mass is 10.1. The molecule has 3 rings (SSSR count). The fourth-order valence-electron chi connectivity index (χ4n) is 5.13. The van der Waals surface area contributed by atoms with Gasteiger partial charge in [-0.25, -0.2) is 4.79 Å². The molecule has 1 aromatic rings. The molecule has 1 fully saturated rings. The van der Waals surface area contributed by atoms with Crippen LogP contribution in [0.15, 0.2) is 30.4 Å². The summed E-state index contributed by atoms with van der Waals surface area (Å²) in [5.74, 6) is -3.45. The van der Waals surface area contributed by atoms with Gasteiger partial charge >= 0.3 is 11.9 Å². The van der Waals surface area contributed by atoms with Crippen molar-refractivity contribution < 1.29 is 76.9 Å². The zero-order valence-electron chi connectivity index (χ0n) is 31.9. The van der Waals surface area contributed by atoms with Gasteiger partial charge in [-0.3, -0.25) is 33.7 Å². The number of benzene rings is 1. The van der Waals surface area contributed by atoms with Crippen LogP contribution in [0.25, 0.3) is 0 Å². The lowest BCUT2D eigenvalue weighted by Crippen LogP contribution is -2.42. The number of aliphatic carboxylic acids is 1. The van der Waals surface area contributed by atoms with E-state index in [0.717, 1.165) is 4.90 Å². The van der Waals surface area contributed by atoms with Gasteiger partial charge in [-0.1, -0.05) is 13.0 Å². The van der Waals surface area contributed by atoms with Crippen molar-refractivity contribution in [1.82, 2.24) is 15.5 Å². The van der Waals surface area contributed by atoms with Gasteiger partial charge in [-0.2, -0.15) is 0 Å². The number of aliphatic hydroxyl groups excluding tert-OH is 1. The minimum absolute atomic E-state index is 0.00738. The number of nitrogens with zero attached hydrogens (tertiary/aromatic N) is 1. The summed E-state index contributed by atoms with van der Waals surface area (Å²) in [4.78, 5) is 83.9. The second-order valence-electron chi connectivity index (χ2n) is 12.6. The number of hydrogen-bond donors (Lipinski definition) is 5. The molecule has 0 spiro atoms. The molecule has 0 unspecified atom stereocenters. The third kappa shape index (κ3) is 18.7. The zero-order valence-corrected chi connectivity index (χ0v) is 31.9.